The van der Waals surface area contributed by atoms with Gasteiger partial charge in [-0.1, -0.05) is 0 Å². The molecule has 0 spiro atoms. The summed E-state index contributed by atoms with van der Waals surface area (Å²) < 4.78 is 1.79. The molecule has 0 aliphatic carbocycles. The van der Waals surface area contributed by atoms with Gasteiger partial charge in [0.25, 0.3) is 0 Å². The minimum Gasteiger partial charge on any atom is -0.395 e. The molecular formula is C8H12N6O. The van der Waals surface area contributed by atoms with Gasteiger partial charge in [0, 0.05) is 18.9 Å². The second kappa shape index (κ2) is 4.11. The number of hydrogen-bond donors (Lipinski definition) is 4. The highest BCUT2D eigenvalue weighted by Gasteiger charge is 2.05. The third-order valence-electron chi connectivity index (χ3n) is 1.93. The Kier molecular flexibility index (Phi) is 2.66. The summed E-state index contributed by atoms with van der Waals surface area (Å²) in [5.41, 5.74) is 3.16. The van der Waals surface area contributed by atoms with Crippen molar-refractivity contribution in [2.45, 2.75) is 0 Å². The van der Waals surface area contributed by atoms with E-state index in [0.29, 0.717) is 23.8 Å². The number of nitrogens with two attached hydrogens (primary N) is 1. The van der Waals surface area contributed by atoms with Crippen LogP contribution in [0.1, 0.15) is 0 Å². The van der Waals surface area contributed by atoms with Gasteiger partial charge in [-0.05, 0) is 0 Å². The van der Waals surface area contributed by atoms with Crippen molar-refractivity contribution in [3.8, 4) is 0 Å². The molecule has 2 rings (SSSR count). The molecule has 0 saturated carbocycles. The molecule has 15 heavy (non-hydrogen) atoms. The molecule has 0 bridgehead atoms. The van der Waals surface area contributed by atoms with Gasteiger partial charge >= 0.3 is 0 Å². The van der Waals surface area contributed by atoms with E-state index in [1.165, 1.54) is 0 Å². The molecule has 0 saturated heterocycles. The van der Waals surface area contributed by atoms with Gasteiger partial charge in [-0.25, -0.2) is 15.8 Å². The van der Waals surface area contributed by atoms with Crippen molar-refractivity contribution in [3.05, 3.63) is 18.6 Å². The lowest BCUT2D eigenvalue weighted by atomic mass is 10.5. The van der Waals surface area contributed by atoms with Crippen molar-refractivity contribution in [3.63, 3.8) is 0 Å². The fourth-order valence-corrected chi connectivity index (χ4v) is 1.29. The van der Waals surface area contributed by atoms with Crippen LogP contribution in [-0.2, 0) is 0 Å². The molecule has 2 heterocycles. The summed E-state index contributed by atoms with van der Waals surface area (Å²) in [4.78, 5) is 8.32. The van der Waals surface area contributed by atoms with E-state index in [2.05, 4.69) is 20.7 Å². The van der Waals surface area contributed by atoms with Crippen LogP contribution < -0.4 is 16.6 Å². The zero-order valence-electron chi connectivity index (χ0n) is 8.01. The van der Waals surface area contributed by atoms with Gasteiger partial charge in [0.05, 0.1) is 12.8 Å². The maximum Gasteiger partial charge on any atom is 0.180 e. The fraction of sp³-hybridized carbons (Fsp3) is 0.250. The number of nitrogens with one attached hydrogen (secondary N) is 2. The summed E-state index contributed by atoms with van der Waals surface area (Å²) >= 11 is 0. The van der Waals surface area contributed by atoms with Crippen LogP contribution in [0.3, 0.4) is 0 Å². The van der Waals surface area contributed by atoms with Crippen LogP contribution in [0.5, 0.6) is 0 Å². The average Bonchev–Trinajstić information content (AvgIpc) is 2.73. The van der Waals surface area contributed by atoms with E-state index in [0.717, 1.165) is 0 Å². The minimum absolute atomic E-state index is 0.0365. The number of hydrazine groups is 1. The second-order valence-electron chi connectivity index (χ2n) is 2.93. The summed E-state index contributed by atoms with van der Waals surface area (Å²) in [5, 5.41) is 11.7. The number of aliphatic hydroxyl groups excluding tert-OH is 1. The Morgan fingerprint density at radius 2 is 2.40 bits per heavy atom. The van der Waals surface area contributed by atoms with Gasteiger partial charge in [0.1, 0.15) is 0 Å². The molecule has 0 radical (unpaired) electrons. The quantitative estimate of drug-likeness (QED) is 0.396. The number of imidazole rings is 1. The van der Waals surface area contributed by atoms with Crippen molar-refractivity contribution in [1.29, 1.82) is 0 Å². The van der Waals surface area contributed by atoms with E-state index >= 15 is 0 Å². The molecule has 0 fully saturated rings. The van der Waals surface area contributed by atoms with Crippen molar-refractivity contribution in [2.24, 2.45) is 5.84 Å². The Labute approximate surface area is 85.9 Å². The van der Waals surface area contributed by atoms with Gasteiger partial charge in [-0.15, -0.1) is 0 Å². The number of hydrogen-bond acceptors (Lipinski definition) is 6. The van der Waals surface area contributed by atoms with Gasteiger partial charge in [-0.3, -0.25) is 0 Å². The highest BCUT2D eigenvalue weighted by Crippen LogP contribution is 2.15. The zero-order valence-corrected chi connectivity index (χ0v) is 8.01. The molecule has 0 amide bonds. The van der Waals surface area contributed by atoms with Crippen molar-refractivity contribution in [2.75, 3.05) is 23.9 Å². The average molecular weight is 208 g/mol. The van der Waals surface area contributed by atoms with Crippen molar-refractivity contribution < 1.29 is 5.11 Å². The van der Waals surface area contributed by atoms with E-state index in [-0.39, 0.29) is 6.61 Å². The lowest BCUT2D eigenvalue weighted by Gasteiger charge is -2.07. The summed E-state index contributed by atoms with van der Waals surface area (Å²) in [7, 11) is 0. The molecular weight excluding hydrogens is 196 g/mol. The van der Waals surface area contributed by atoms with Crippen molar-refractivity contribution >= 4 is 17.3 Å². The highest BCUT2D eigenvalue weighted by molar-refractivity contribution is 5.65. The summed E-state index contributed by atoms with van der Waals surface area (Å²) in [6.45, 7) is 0.457. The van der Waals surface area contributed by atoms with Crippen molar-refractivity contribution in [1.82, 2.24) is 14.4 Å². The van der Waals surface area contributed by atoms with Crippen LogP contribution in [0.25, 0.3) is 5.65 Å². The van der Waals surface area contributed by atoms with Crippen LogP contribution in [0.15, 0.2) is 18.6 Å². The van der Waals surface area contributed by atoms with E-state index in [1.807, 2.05) is 0 Å². The summed E-state index contributed by atoms with van der Waals surface area (Å²) in [6, 6.07) is 0. The zero-order chi connectivity index (χ0) is 10.7. The molecule has 2 aromatic rings. The largest absolute Gasteiger partial charge is 0.395 e. The third-order valence-corrected chi connectivity index (χ3v) is 1.93. The molecule has 0 aliphatic heterocycles. The Bertz CT molecular complexity index is 453. The molecule has 0 aliphatic rings. The van der Waals surface area contributed by atoms with E-state index < -0.39 is 0 Å². The standard InChI is InChI=1S/C8H12N6O/c9-13-6-5-14-3-1-11-8(14)7(12-6)10-2-4-15/h1,3,5,13,15H,2,4,9H2,(H,10,12). The van der Waals surface area contributed by atoms with Gasteiger partial charge in [-0.2, -0.15) is 0 Å². The predicted molar refractivity (Wildman–Crippen MR) is 56.4 cm³/mol. The van der Waals surface area contributed by atoms with Crippen LogP contribution in [0.4, 0.5) is 11.6 Å². The Hall–Kier alpha value is -1.86. The van der Waals surface area contributed by atoms with E-state index in [4.69, 9.17) is 10.9 Å². The predicted octanol–water partition coefficient (Wildman–Crippen LogP) is -0.581. The smallest absolute Gasteiger partial charge is 0.180 e. The number of nitrogen functional groups attached to an aromatic ring is 1. The highest BCUT2D eigenvalue weighted by atomic mass is 16.3. The number of nitrogens with zero attached hydrogens (tertiary/aromatic N) is 3. The normalized spacial score (nSPS) is 10.5. The monoisotopic (exact) mass is 208 g/mol. The van der Waals surface area contributed by atoms with E-state index in [9.17, 15) is 0 Å². The van der Waals surface area contributed by atoms with Crippen LogP contribution in [0, 0.1) is 0 Å². The van der Waals surface area contributed by atoms with Crippen LogP contribution in [-0.4, -0.2) is 32.6 Å². The lowest BCUT2D eigenvalue weighted by Crippen LogP contribution is -2.13. The van der Waals surface area contributed by atoms with Crippen LogP contribution in [0.2, 0.25) is 0 Å². The summed E-state index contributed by atoms with van der Waals surface area (Å²) in [6.07, 6.45) is 5.19. The molecule has 80 valence electrons. The van der Waals surface area contributed by atoms with Gasteiger partial charge in [0.15, 0.2) is 17.3 Å². The first-order chi connectivity index (χ1) is 7.35. The Morgan fingerprint density at radius 1 is 1.53 bits per heavy atom. The Morgan fingerprint density at radius 3 is 3.13 bits per heavy atom. The number of fused-ring (bicyclic) bond motifs is 1. The first-order valence-corrected chi connectivity index (χ1v) is 4.50. The third kappa shape index (κ3) is 1.83. The Balaban J connectivity index is 2.43. The van der Waals surface area contributed by atoms with Crippen LogP contribution >= 0.6 is 0 Å². The van der Waals surface area contributed by atoms with Gasteiger partial charge < -0.3 is 20.2 Å². The maximum atomic E-state index is 8.72. The molecule has 0 unspecified atom stereocenters. The first kappa shape index (κ1) is 9.69. The number of aromatic nitrogens is 3. The van der Waals surface area contributed by atoms with Gasteiger partial charge in [0.2, 0.25) is 0 Å². The van der Waals surface area contributed by atoms with E-state index in [1.54, 1.807) is 23.0 Å². The number of aliphatic hydroxyl groups is 1. The molecule has 7 heteroatoms. The fourth-order valence-electron chi connectivity index (χ4n) is 1.29. The number of rotatable bonds is 4. The SMILES string of the molecule is NNc1cn2ccnc2c(NCCO)n1. The maximum absolute atomic E-state index is 8.72. The summed E-state index contributed by atoms with van der Waals surface area (Å²) in [5.74, 6) is 6.40. The lowest BCUT2D eigenvalue weighted by molar-refractivity contribution is 0.311. The molecule has 0 atom stereocenters. The molecule has 7 nitrogen and oxygen atoms in total. The number of anilines is 2. The second-order valence-corrected chi connectivity index (χ2v) is 2.93. The first-order valence-electron chi connectivity index (χ1n) is 4.50. The molecule has 5 N–H and O–H groups in total. The molecule has 2 aromatic heterocycles. The topological polar surface area (TPSA) is 100 Å². The minimum atomic E-state index is 0.0365. The molecule has 0 aromatic carbocycles.